The normalized spacial score (nSPS) is 11.3. The van der Waals surface area contributed by atoms with Crippen LogP contribution in [0.15, 0.2) is 33.9 Å². The van der Waals surface area contributed by atoms with Crippen molar-refractivity contribution in [2.45, 2.75) is 6.18 Å². The predicted molar refractivity (Wildman–Crippen MR) is 70.8 cm³/mol. The van der Waals surface area contributed by atoms with Crippen molar-refractivity contribution in [1.82, 2.24) is 9.55 Å². The van der Waals surface area contributed by atoms with Gasteiger partial charge in [0.25, 0.3) is 5.56 Å². The summed E-state index contributed by atoms with van der Waals surface area (Å²) < 4.78 is 48.4. The van der Waals surface area contributed by atoms with E-state index in [9.17, 15) is 22.8 Å². The van der Waals surface area contributed by atoms with Crippen LogP contribution in [0.5, 0.6) is 11.5 Å². The van der Waals surface area contributed by atoms with Crippen LogP contribution in [0.2, 0.25) is 0 Å². The zero-order valence-corrected chi connectivity index (χ0v) is 11.5. The molecule has 0 saturated carbocycles. The standard InChI is InChI=1S/C13H11F3N2O4/c1-21-8-5-3-4-7(11(8)22-2)18-10(19)6-9(13(14,15)16)17-12(18)20/h3-6H,1-2H3,(H,17,20). The first-order valence-electron chi connectivity index (χ1n) is 5.94. The van der Waals surface area contributed by atoms with Gasteiger partial charge in [-0.25, -0.2) is 9.36 Å². The number of hydrogen-bond donors (Lipinski definition) is 1. The van der Waals surface area contributed by atoms with Crippen LogP contribution in [0, 0.1) is 0 Å². The summed E-state index contributed by atoms with van der Waals surface area (Å²) in [5.41, 5.74) is -3.81. The SMILES string of the molecule is COc1cccc(-n2c(=O)cc(C(F)(F)F)[nH]c2=O)c1OC. The van der Waals surface area contributed by atoms with Crippen LogP contribution < -0.4 is 20.7 Å². The largest absolute Gasteiger partial charge is 0.493 e. The molecule has 2 rings (SSSR count). The van der Waals surface area contributed by atoms with Gasteiger partial charge in [0.2, 0.25) is 0 Å². The van der Waals surface area contributed by atoms with Gasteiger partial charge in [-0.15, -0.1) is 0 Å². The fraction of sp³-hybridized carbons (Fsp3) is 0.231. The monoisotopic (exact) mass is 316 g/mol. The van der Waals surface area contributed by atoms with E-state index in [1.54, 1.807) is 4.98 Å². The molecule has 0 radical (unpaired) electrons. The van der Waals surface area contributed by atoms with Crippen LogP contribution in [-0.4, -0.2) is 23.8 Å². The highest BCUT2D eigenvalue weighted by atomic mass is 19.4. The summed E-state index contributed by atoms with van der Waals surface area (Å²) in [6, 6.07) is 4.65. The maximum atomic E-state index is 12.6. The number of hydrogen-bond acceptors (Lipinski definition) is 4. The number of aromatic nitrogens is 2. The van der Waals surface area contributed by atoms with Gasteiger partial charge >= 0.3 is 11.9 Å². The minimum Gasteiger partial charge on any atom is -0.493 e. The van der Waals surface area contributed by atoms with Crippen molar-refractivity contribution in [3.8, 4) is 17.2 Å². The Morgan fingerprint density at radius 3 is 2.32 bits per heavy atom. The first kappa shape index (κ1) is 15.7. The fourth-order valence-corrected chi connectivity index (χ4v) is 1.92. The molecule has 2 aromatic rings. The van der Waals surface area contributed by atoms with Crippen molar-refractivity contribution in [2.24, 2.45) is 0 Å². The Morgan fingerprint density at radius 2 is 1.82 bits per heavy atom. The Hall–Kier alpha value is -2.71. The van der Waals surface area contributed by atoms with Gasteiger partial charge in [-0.3, -0.25) is 4.79 Å². The molecule has 0 fully saturated rings. The molecule has 9 heteroatoms. The number of rotatable bonds is 3. The van der Waals surface area contributed by atoms with Crippen molar-refractivity contribution in [3.05, 3.63) is 50.8 Å². The lowest BCUT2D eigenvalue weighted by atomic mass is 10.2. The molecule has 0 bridgehead atoms. The molecule has 1 heterocycles. The van der Waals surface area contributed by atoms with Gasteiger partial charge in [-0.2, -0.15) is 13.2 Å². The van der Waals surface area contributed by atoms with Gasteiger partial charge in [-0.05, 0) is 12.1 Å². The Labute approximate surface area is 121 Å². The van der Waals surface area contributed by atoms with Crippen LogP contribution in [0.25, 0.3) is 5.69 Å². The number of alkyl halides is 3. The second-order valence-electron chi connectivity index (χ2n) is 4.17. The van der Waals surface area contributed by atoms with E-state index in [0.29, 0.717) is 10.6 Å². The second kappa shape index (κ2) is 5.58. The number of benzene rings is 1. The molecule has 0 unspecified atom stereocenters. The van der Waals surface area contributed by atoms with Gasteiger partial charge in [-0.1, -0.05) is 6.07 Å². The van der Waals surface area contributed by atoms with Crippen LogP contribution in [-0.2, 0) is 6.18 Å². The average molecular weight is 316 g/mol. The van der Waals surface area contributed by atoms with Crippen LogP contribution >= 0.6 is 0 Å². The summed E-state index contributed by atoms with van der Waals surface area (Å²) in [5, 5.41) is 0. The maximum Gasteiger partial charge on any atom is 0.431 e. The number of nitrogens with zero attached hydrogens (tertiary/aromatic N) is 1. The smallest absolute Gasteiger partial charge is 0.431 e. The molecule has 0 amide bonds. The topological polar surface area (TPSA) is 73.3 Å². The molecule has 0 spiro atoms. The van der Waals surface area contributed by atoms with Gasteiger partial charge < -0.3 is 14.5 Å². The van der Waals surface area contributed by atoms with Crippen molar-refractivity contribution in [1.29, 1.82) is 0 Å². The van der Waals surface area contributed by atoms with Gasteiger partial charge in [0.1, 0.15) is 5.69 Å². The molecule has 0 aliphatic heterocycles. The Bertz CT molecular complexity index is 777. The zero-order valence-electron chi connectivity index (χ0n) is 11.5. The highest BCUT2D eigenvalue weighted by Gasteiger charge is 2.33. The molecule has 0 aliphatic rings. The summed E-state index contributed by atoms with van der Waals surface area (Å²) in [6.45, 7) is 0. The van der Waals surface area contributed by atoms with Crippen LogP contribution in [0.3, 0.4) is 0 Å². The number of ether oxygens (including phenoxy) is 2. The van der Waals surface area contributed by atoms with Crippen molar-refractivity contribution in [3.63, 3.8) is 0 Å². The number of para-hydroxylation sites is 1. The Morgan fingerprint density at radius 1 is 1.14 bits per heavy atom. The number of nitrogens with one attached hydrogen (secondary N) is 1. The highest BCUT2D eigenvalue weighted by molar-refractivity contribution is 5.55. The molecule has 0 saturated heterocycles. The third-order valence-corrected chi connectivity index (χ3v) is 2.86. The molecule has 1 N–H and O–H groups in total. The summed E-state index contributed by atoms with van der Waals surface area (Å²) in [4.78, 5) is 25.4. The van der Waals surface area contributed by atoms with E-state index < -0.39 is 23.1 Å². The highest BCUT2D eigenvalue weighted by Crippen LogP contribution is 2.32. The van der Waals surface area contributed by atoms with Crippen molar-refractivity contribution < 1.29 is 22.6 Å². The van der Waals surface area contributed by atoms with E-state index in [0.717, 1.165) is 0 Å². The Balaban J connectivity index is 2.75. The fourth-order valence-electron chi connectivity index (χ4n) is 1.92. The van der Waals surface area contributed by atoms with Gasteiger partial charge in [0, 0.05) is 6.07 Å². The van der Waals surface area contributed by atoms with Crippen molar-refractivity contribution >= 4 is 0 Å². The van der Waals surface area contributed by atoms with E-state index in [2.05, 4.69) is 0 Å². The molecule has 0 aliphatic carbocycles. The lowest BCUT2D eigenvalue weighted by Crippen LogP contribution is -2.36. The quantitative estimate of drug-likeness (QED) is 0.933. The van der Waals surface area contributed by atoms with E-state index in [4.69, 9.17) is 9.47 Å². The summed E-state index contributed by atoms with van der Waals surface area (Å²) in [5.74, 6) is 0.281. The number of halogens is 3. The van der Waals surface area contributed by atoms with Gasteiger partial charge in [0.05, 0.1) is 19.9 Å². The third-order valence-electron chi connectivity index (χ3n) is 2.86. The summed E-state index contributed by atoms with van der Waals surface area (Å²) in [6.07, 6.45) is -4.82. The molecule has 0 atom stereocenters. The number of aromatic amines is 1. The van der Waals surface area contributed by atoms with Crippen molar-refractivity contribution in [2.75, 3.05) is 14.2 Å². The Kier molecular flexibility index (Phi) is 3.98. The second-order valence-corrected chi connectivity index (χ2v) is 4.17. The molecule has 22 heavy (non-hydrogen) atoms. The molecule has 1 aromatic carbocycles. The average Bonchev–Trinajstić information content (AvgIpc) is 2.45. The number of H-pyrrole nitrogens is 1. The maximum absolute atomic E-state index is 12.6. The first-order chi connectivity index (χ1) is 10.3. The van der Waals surface area contributed by atoms with E-state index >= 15 is 0 Å². The summed E-state index contributed by atoms with van der Waals surface area (Å²) >= 11 is 0. The summed E-state index contributed by atoms with van der Waals surface area (Å²) in [7, 11) is 2.63. The first-order valence-corrected chi connectivity index (χ1v) is 5.94. The molecule has 118 valence electrons. The lowest BCUT2D eigenvalue weighted by molar-refractivity contribution is -0.141. The predicted octanol–water partition coefficient (Wildman–Crippen LogP) is 1.56. The number of methoxy groups -OCH3 is 2. The minimum absolute atomic E-state index is 0.0261. The van der Waals surface area contributed by atoms with E-state index in [1.165, 1.54) is 32.4 Å². The third kappa shape index (κ3) is 2.69. The molecule has 6 nitrogen and oxygen atoms in total. The lowest BCUT2D eigenvalue weighted by Gasteiger charge is -2.14. The van der Waals surface area contributed by atoms with Crippen LogP contribution in [0.4, 0.5) is 13.2 Å². The molecular formula is C13H11F3N2O4. The van der Waals surface area contributed by atoms with Crippen LogP contribution in [0.1, 0.15) is 5.69 Å². The molecule has 1 aromatic heterocycles. The molecular weight excluding hydrogens is 305 g/mol. The van der Waals surface area contributed by atoms with E-state index in [1.807, 2.05) is 0 Å². The minimum atomic E-state index is -4.82. The zero-order chi connectivity index (χ0) is 16.5. The van der Waals surface area contributed by atoms with Gasteiger partial charge in [0.15, 0.2) is 11.5 Å². The van der Waals surface area contributed by atoms with E-state index in [-0.39, 0.29) is 17.2 Å².